The molecule has 0 unspecified atom stereocenters. The van der Waals surface area contributed by atoms with Crippen LogP contribution in [0.5, 0.6) is 0 Å². The number of benzene rings is 1. The van der Waals surface area contributed by atoms with Crippen LogP contribution in [0.4, 0.5) is 0 Å². The van der Waals surface area contributed by atoms with E-state index in [-0.39, 0.29) is 17.1 Å². The van der Waals surface area contributed by atoms with Gasteiger partial charge in [-0.25, -0.2) is 8.42 Å². The Kier molecular flexibility index (Phi) is 3.13. The summed E-state index contributed by atoms with van der Waals surface area (Å²) in [5.74, 6) is -1.49. The molecule has 0 aliphatic rings. The zero-order valence-corrected chi connectivity index (χ0v) is 10.6. The average Bonchev–Trinajstić information content (AvgIpc) is 2.66. The molecule has 1 N–H and O–H groups in total. The Morgan fingerprint density at radius 2 is 2.00 bits per heavy atom. The molecule has 0 radical (unpaired) electrons. The van der Waals surface area contributed by atoms with Gasteiger partial charge in [0.05, 0.1) is 17.1 Å². The van der Waals surface area contributed by atoms with Gasteiger partial charge in [-0.1, -0.05) is 18.2 Å². The third-order valence-corrected chi connectivity index (χ3v) is 4.52. The fourth-order valence-corrected chi connectivity index (χ4v) is 3.37. The lowest BCUT2D eigenvalue weighted by molar-refractivity contribution is -0.136. The highest BCUT2D eigenvalue weighted by molar-refractivity contribution is 7.91. The maximum Gasteiger partial charge on any atom is 0.304 e. The normalized spacial score (nSPS) is 11.8. The van der Waals surface area contributed by atoms with Crippen LogP contribution >= 0.6 is 0 Å². The van der Waals surface area contributed by atoms with Gasteiger partial charge in [0.15, 0.2) is 9.84 Å². The molecule has 0 saturated carbocycles. The van der Waals surface area contributed by atoms with Gasteiger partial charge in [-0.15, -0.1) is 0 Å². The number of para-hydroxylation sites is 1. The Labute approximate surface area is 105 Å². The highest BCUT2D eigenvalue weighted by Gasteiger charge is 2.21. The standard InChI is InChI=1S/C12H13NO4S/c1-13-8-11(9-4-2-3-5-10(9)13)18(16,17)7-6-12(14)15/h2-5,8H,6-7H2,1H3,(H,14,15). The Balaban J connectivity index is 2.51. The minimum Gasteiger partial charge on any atom is -0.481 e. The molecule has 0 saturated heterocycles. The monoisotopic (exact) mass is 267 g/mol. The first kappa shape index (κ1) is 12.6. The molecule has 0 aliphatic heterocycles. The maximum absolute atomic E-state index is 12.1. The minimum absolute atomic E-state index is 0.196. The van der Waals surface area contributed by atoms with E-state index in [1.165, 1.54) is 6.20 Å². The van der Waals surface area contributed by atoms with Crippen LogP contribution in [-0.2, 0) is 21.7 Å². The van der Waals surface area contributed by atoms with E-state index in [2.05, 4.69) is 0 Å². The van der Waals surface area contributed by atoms with Crippen molar-refractivity contribution in [3.63, 3.8) is 0 Å². The van der Waals surface area contributed by atoms with Crippen molar-refractivity contribution in [1.82, 2.24) is 4.57 Å². The number of aromatic nitrogens is 1. The smallest absolute Gasteiger partial charge is 0.304 e. The van der Waals surface area contributed by atoms with E-state index in [0.717, 1.165) is 5.52 Å². The second-order valence-corrected chi connectivity index (χ2v) is 6.16. The molecule has 1 aromatic heterocycles. The number of rotatable bonds is 4. The molecule has 6 heteroatoms. The van der Waals surface area contributed by atoms with Crippen LogP contribution in [0.1, 0.15) is 6.42 Å². The summed E-state index contributed by atoms with van der Waals surface area (Å²) in [5.41, 5.74) is 0.811. The van der Waals surface area contributed by atoms with E-state index in [4.69, 9.17) is 5.11 Å². The second kappa shape index (κ2) is 4.45. The zero-order chi connectivity index (χ0) is 13.3. The molecule has 0 amide bonds. The second-order valence-electron chi connectivity index (χ2n) is 4.08. The molecule has 2 aromatic rings. The lowest BCUT2D eigenvalue weighted by Crippen LogP contribution is -2.10. The van der Waals surface area contributed by atoms with E-state index in [1.54, 1.807) is 23.7 Å². The van der Waals surface area contributed by atoms with Crippen molar-refractivity contribution in [2.45, 2.75) is 11.3 Å². The van der Waals surface area contributed by atoms with Gasteiger partial charge >= 0.3 is 5.97 Å². The third kappa shape index (κ3) is 2.24. The summed E-state index contributed by atoms with van der Waals surface area (Å²) < 4.78 is 25.9. The number of aryl methyl sites for hydroxylation is 1. The fourth-order valence-electron chi connectivity index (χ4n) is 1.88. The molecule has 96 valence electrons. The van der Waals surface area contributed by atoms with Crippen LogP contribution in [-0.4, -0.2) is 29.8 Å². The predicted molar refractivity (Wildman–Crippen MR) is 67.2 cm³/mol. The van der Waals surface area contributed by atoms with Gasteiger partial charge in [-0.05, 0) is 6.07 Å². The van der Waals surface area contributed by atoms with Crippen molar-refractivity contribution < 1.29 is 18.3 Å². The molecular weight excluding hydrogens is 254 g/mol. The summed E-state index contributed by atoms with van der Waals surface area (Å²) in [6.45, 7) is 0. The highest BCUT2D eigenvalue weighted by Crippen LogP contribution is 2.25. The number of nitrogens with zero attached hydrogens (tertiary/aromatic N) is 1. The van der Waals surface area contributed by atoms with Crippen LogP contribution in [0.15, 0.2) is 35.4 Å². The van der Waals surface area contributed by atoms with Crippen molar-refractivity contribution >= 4 is 26.7 Å². The van der Waals surface area contributed by atoms with E-state index < -0.39 is 15.8 Å². The van der Waals surface area contributed by atoms with Gasteiger partial charge in [-0.2, -0.15) is 0 Å². The lowest BCUT2D eigenvalue weighted by Gasteiger charge is -2.00. The van der Waals surface area contributed by atoms with Crippen molar-refractivity contribution in [2.24, 2.45) is 7.05 Å². The summed E-state index contributed by atoms with van der Waals surface area (Å²) in [7, 11) is -1.80. The number of carboxylic acid groups (broad SMARTS) is 1. The van der Waals surface area contributed by atoms with E-state index in [0.29, 0.717) is 5.39 Å². The number of fused-ring (bicyclic) bond motifs is 1. The first-order valence-corrected chi connectivity index (χ1v) is 7.05. The first-order valence-electron chi connectivity index (χ1n) is 5.40. The summed E-state index contributed by atoms with van der Waals surface area (Å²) in [6.07, 6.45) is 1.15. The molecular formula is C12H13NO4S. The largest absolute Gasteiger partial charge is 0.481 e. The van der Waals surface area contributed by atoms with E-state index in [1.807, 2.05) is 12.1 Å². The predicted octanol–water partition coefficient (Wildman–Crippen LogP) is 1.43. The number of aliphatic carboxylic acids is 1. The summed E-state index contributed by atoms with van der Waals surface area (Å²) in [6, 6.07) is 7.14. The number of sulfone groups is 1. The summed E-state index contributed by atoms with van der Waals surface area (Å²) >= 11 is 0. The van der Waals surface area contributed by atoms with Gasteiger partial charge < -0.3 is 9.67 Å². The molecule has 5 nitrogen and oxygen atoms in total. The highest BCUT2D eigenvalue weighted by atomic mass is 32.2. The maximum atomic E-state index is 12.1. The Bertz CT molecular complexity index is 700. The minimum atomic E-state index is -3.56. The van der Waals surface area contributed by atoms with Crippen molar-refractivity contribution in [2.75, 3.05) is 5.75 Å². The Hall–Kier alpha value is -1.82. The van der Waals surface area contributed by atoms with Crippen LogP contribution in [0, 0.1) is 0 Å². The molecule has 0 fully saturated rings. The number of hydrogen-bond donors (Lipinski definition) is 1. The van der Waals surface area contributed by atoms with Crippen LogP contribution < -0.4 is 0 Å². The van der Waals surface area contributed by atoms with Crippen molar-refractivity contribution in [1.29, 1.82) is 0 Å². The molecule has 2 rings (SSSR count). The van der Waals surface area contributed by atoms with E-state index in [9.17, 15) is 13.2 Å². The van der Waals surface area contributed by atoms with Crippen LogP contribution in [0.3, 0.4) is 0 Å². The molecule has 0 spiro atoms. The molecule has 1 aromatic carbocycles. The molecule has 0 bridgehead atoms. The molecule has 0 atom stereocenters. The average molecular weight is 267 g/mol. The fraction of sp³-hybridized carbons (Fsp3) is 0.250. The quantitative estimate of drug-likeness (QED) is 0.909. The molecule has 1 heterocycles. The number of carbonyl (C=O) groups is 1. The van der Waals surface area contributed by atoms with Crippen molar-refractivity contribution in [3.8, 4) is 0 Å². The zero-order valence-electron chi connectivity index (χ0n) is 9.83. The summed E-state index contributed by atoms with van der Waals surface area (Å²) in [4.78, 5) is 10.7. The lowest BCUT2D eigenvalue weighted by atomic mass is 10.2. The van der Waals surface area contributed by atoms with Crippen LogP contribution in [0.2, 0.25) is 0 Å². The third-order valence-electron chi connectivity index (χ3n) is 2.78. The number of carboxylic acids is 1. The molecule has 18 heavy (non-hydrogen) atoms. The van der Waals surface area contributed by atoms with E-state index >= 15 is 0 Å². The van der Waals surface area contributed by atoms with Gasteiger partial charge in [0, 0.05) is 24.1 Å². The van der Waals surface area contributed by atoms with Crippen molar-refractivity contribution in [3.05, 3.63) is 30.5 Å². The van der Waals surface area contributed by atoms with Gasteiger partial charge in [0.2, 0.25) is 0 Å². The SMILES string of the molecule is Cn1cc(S(=O)(=O)CCC(=O)O)c2ccccc21. The van der Waals surface area contributed by atoms with Gasteiger partial charge in [-0.3, -0.25) is 4.79 Å². The molecule has 0 aliphatic carbocycles. The summed E-state index contributed by atoms with van der Waals surface area (Å²) in [5, 5.41) is 9.20. The van der Waals surface area contributed by atoms with Crippen LogP contribution in [0.25, 0.3) is 10.9 Å². The topological polar surface area (TPSA) is 76.4 Å². The Morgan fingerprint density at radius 1 is 1.33 bits per heavy atom. The van der Waals surface area contributed by atoms with Gasteiger partial charge in [0.1, 0.15) is 0 Å². The Morgan fingerprint density at radius 3 is 2.67 bits per heavy atom. The van der Waals surface area contributed by atoms with Gasteiger partial charge in [0.25, 0.3) is 0 Å². The first-order chi connectivity index (χ1) is 8.42. The number of hydrogen-bond acceptors (Lipinski definition) is 3.